The van der Waals surface area contributed by atoms with Crippen LogP contribution in [-0.4, -0.2) is 140 Å². The Morgan fingerprint density at radius 3 is 2.38 bits per heavy atom. The van der Waals surface area contributed by atoms with E-state index in [4.69, 9.17) is 30.4 Å². The van der Waals surface area contributed by atoms with Crippen LogP contribution in [0.2, 0.25) is 0 Å². The van der Waals surface area contributed by atoms with Gasteiger partial charge >= 0.3 is 29.4 Å². The molecule has 0 saturated carbocycles. The number of ether oxygens (including phenoxy) is 1. The molecule has 0 bridgehead atoms. The average Bonchev–Trinajstić information content (AvgIpc) is 3.64. The number of carboxylic acids is 1. The highest BCUT2D eigenvalue weighted by atomic mass is 33.1. The lowest BCUT2D eigenvalue weighted by Gasteiger charge is -2.30. The first kappa shape index (κ1) is 47.0. The molecular weight excluding hydrogens is 845 g/mol. The SMILES string of the molecule is CC(C)(COP(=O)(O)OP(=O)(O)OC[C@H]1O[C@@H](n2cnc3c(N)ncnc32)[C@H](O)[C@@H]1OP(=O)(O)O)[C@H](O)C(=O)NCCC(=O)NCCSSCC(N)C(=O)O. The maximum absolute atomic E-state index is 12.6. The highest BCUT2D eigenvalue weighted by Gasteiger charge is 2.50. The molecule has 0 radical (unpaired) electrons. The number of phosphoric ester groups is 3. The molecule has 2 aromatic rings. The zero-order chi connectivity index (χ0) is 41.4. The standard InChI is InChI=1S/C24H41N8O18P3S2/c1-24(2,18(35)21(36)28-4-3-14(33)27-5-6-54-55-8-12(25)23(37)38)9-47-53(44,45)50-52(42,43)46-7-13-17(49-51(39,40)41)16(34)22(48-13)32-11-31-15-19(26)29-10-30-20(15)32/h10-13,16-18,22,34-35H,3-9,25H2,1-2H3,(H,27,33)(H,28,36)(H,37,38)(H,42,43)(H,44,45)(H2,26,29,30)(H2,39,40,41)/t12?,13-,16-,17-,18-,22-/m1/s1. The number of amides is 2. The molecule has 1 saturated heterocycles. The Bertz CT molecular complexity index is 1800. The third kappa shape index (κ3) is 14.5. The van der Waals surface area contributed by atoms with E-state index in [1.807, 2.05) is 0 Å². The minimum atomic E-state index is -5.57. The molecule has 2 aromatic heterocycles. The number of carbonyl (C=O) groups excluding carboxylic acids is 2. The van der Waals surface area contributed by atoms with Gasteiger partial charge in [0.15, 0.2) is 17.7 Å². The average molecular weight is 887 g/mol. The molecule has 8 atom stereocenters. The van der Waals surface area contributed by atoms with E-state index in [0.717, 1.165) is 17.2 Å². The number of hydrogen-bond acceptors (Lipinski definition) is 20. The third-order valence-electron chi connectivity index (χ3n) is 7.23. The van der Waals surface area contributed by atoms with Gasteiger partial charge in [0.2, 0.25) is 11.8 Å². The van der Waals surface area contributed by atoms with Gasteiger partial charge in [0.05, 0.1) is 19.5 Å². The van der Waals surface area contributed by atoms with Crippen LogP contribution in [-0.2, 0) is 50.7 Å². The van der Waals surface area contributed by atoms with Crippen molar-refractivity contribution in [2.24, 2.45) is 11.1 Å². The number of aliphatic hydroxyl groups is 2. The number of aromatic nitrogens is 4. The Morgan fingerprint density at radius 1 is 1.05 bits per heavy atom. The fourth-order valence-corrected chi connectivity index (χ4v) is 9.27. The number of nitrogen functional groups attached to an aromatic ring is 1. The summed E-state index contributed by atoms with van der Waals surface area (Å²) in [5.74, 6) is -1.98. The van der Waals surface area contributed by atoms with Gasteiger partial charge in [0, 0.05) is 36.4 Å². The van der Waals surface area contributed by atoms with E-state index in [2.05, 4.69) is 34.4 Å². The van der Waals surface area contributed by atoms with Gasteiger partial charge in [-0.1, -0.05) is 35.4 Å². The number of imidazole rings is 1. The molecule has 0 aromatic carbocycles. The number of rotatable bonds is 23. The minimum absolute atomic E-state index is 0.0250. The van der Waals surface area contributed by atoms with Crippen LogP contribution < -0.4 is 22.1 Å². The van der Waals surface area contributed by atoms with Crippen molar-refractivity contribution in [1.29, 1.82) is 0 Å². The van der Waals surface area contributed by atoms with E-state index in [-0.39, 0.29) is 42.2 Å². The Balaban J connectivity index is 1.48. The van der Waals surface area contributed by atoms with E-state index in [9.17, 15) is 57.9 Å². The highest BCUT2D eigenvalue weighted by Crippen LogP contribution is 2.61. The molecule has 31 heteroatoms. The molecule has 1 aliphatic rings. The molecule has 3 rings (SSSR count). The summed E-state index contributed by atoms with van der Waals surface area (Å²) >= 11 is 0. The maximum atomic E-state index is 12.6. The number of nitrogens with one attached hydrogen (secondary N) is 2. The fourth-order valence-electron chi connectivity index (χ4n) is 4.42. The highest BCUT2D eigenvalue weighted by molar-refractivity contribution is 8.76. The van der Waals surface area contributed by atoms with Gasteiger partial charge < -0.3 is 61.7 Å². The summed E-state index contributed by atoms with van der Waals surface area (Å²) in [5, 5.41) is 35.0. The second kappa shape index (κ2) is 19.9. The van der Waals surface area contributed by atoms with Gasteiger partial charge in [0.25, 0.3) is 0 Å². The second-order valence-electron chi connectivity index (χ2n) is 12.1. The van der Waals surface area contributed by atoms with Crippen LogP contribution in [0.3, 0.4) is 0 Å². The van der Waals surface area contributed by atoms with Crippen LogP contribution in [0.25, 0.3) is 11.2 Å². The lowest BCUT2D eigenvalue weighted by Crippen LogP contribution is -2.46. The minimum Gasteiger partial charge on any atom is -0.480 e. The number of nitrogens with two attached hydrogens (primary N) is 2. The van der Waals surface area contributed by atoms with Crippen LogP contribution in [0.4, 0.5) is 5.82 Å². The van der Waals surface area contributed by atoms with Crippen LogP contribution in [0.15, 0.2) is 12.7 Å². The van der Waals surface area contributed by atoms with Crippen molar-refractivity contribution in [3.63, 3.8) is 0 Å². The summed E-state index contributed by atoms with van der Waals surface area (Å²) in [4.78, 5) is 86.1. The molecule has 1 fully saturated rings. The first-order valence-electron chi connectivity index (χ1n) is 15.5. The number of phosphoric acid groups is 3. The summed E-state index contributed by atoms with van der Waals surface area (Å²) in [6, 6.07) is -1.01. The smallest absolute Gasteiger partial charge is 0.480 e. The van der Waals surface area contributed by atoms with Crippen molar-refractivity contribution in [3.05, 3.63) is 12.7 Å². The molecule has 55 heavy (non-hydrogen) atoms. The quantitative estimate of drug-likeness (QED) is 0.0333. The fraction of sp³-hybridized carbons (Fsp3) is 0.667. The van der Waals surface area contributed by atoms with Crippen molar-refractivity contribution < 1.29 is 85.6 Å². The molecule has 13 N–H and O–H groups in total. The summed E-state index contributed by atoms with van der Waals surface area (Å²) < 4.78 is 62.0. The van der Waals surface area contributed by atoms with Crippen molar-refractivity contribution >= 4 is 79.8 Å². The summed E-state index contributed by atoms with van der Waals surface area (Å²) in [5.41, 5.74) is 9.62. The Hall–Kier alpha value is -2.33. The lowest BCUT2D eigenvalue weighted by molar-refractivity contribution is -0.138. The van der Waals surface area contributed by atoms with E-state index in [0.29, 0.717) is 5.75 Å². The number of aliphatic carboxylic acids is 1. The molecule has 26 nitrogen and oxygen atoms in total. The molecule has 3 unspecified atom stereocenters. The van der Waals surface area contributed by atoms with Gasteiger partial charge in [-0.15, -0.1) is 0 Å². The number of fused-ring (bicyclic) bond motifs is 1. The van der Waals surface area contributed by atoms with Gasteiger partial charge in [0.1, 0.15) is 42.3 Å². The molecule has 2 amide bonds. The predicted octanol–water partition coefficient (Wildman–Crippen LogP) is -1.80. The number of carbonyl (C=O) groups is 3. The summed E-state index contributed by atoms with van der Waals surface area (Å²) in [6.07, 6.45) is -6.96. The maximum Gasteiger partial charge on any atom is 0.481 e. The third-order valence-corrected chi connectivity index (χ3v) is 12.8. The van der Waals surface area contributed by atoms with Crippen LogP contribution >= 0.6 is 45.1 Å². The number of anilines is 1. The van der Waals surface area contributed by atoms with Crippen LogP contribution in [0.5, 0.6) is 0 Å². The largest absolute Gasteiger partial charge is 0.481 e. The second-order valence-corrected chi connectivity index (χ2v) is 19.0. The molecule has 0 aliphatic carbocycles. The zero-order valence-corrected chi connectivity index (χ0v) is 33.1. The lowest BCUT2D eigenvalue weighted by atomic mass is 9.87. The topological polar surface area (TPSA) is 410 Å². The van der Waals surface area contributed by atoms with Gasteiger partial charge in [-0.3, -0.25) is 32.5 Å². The van der Waals surface area contributed by atoms with Gasteiger partial charge in [-0.2, -0.15) is 4.31 Å². The predicted molar refractivity (Wildman–Crippen MR) is 190 cm³/mol. The summed E-state index contributed by atoms with van der Waals surface area (Å²) in [7, 11) is -13.9. The molecule has 0 spiro atoms. The van der Waals surface area contributed by atoms with Crippen molar-refractivity contribution in [3.8, 4) is 0 Å². The zero-order valence-electron chi connectivity index (χ0n) is 28.8. The van der Waals surface area contributed by atoms with Gasteiger partial charge in [-0.25, -0.2) is 28.6 Å². The number of carboxylic acid groups (broad SMARTS) is 1. The molecule has 3 heterocycles. The van der Waals surface area contributed by atoms with Crippen LogP contribution in [0, 0.1) is 5.41 Å². The number of hydrogen-bond donors (Lipinski definition) is 11. The Kier molecular flexibility index (Phi) is 17.0. The first-order valence-corrected chi connectivity index (χ1v) is 22.6. The monoisotopic (exact) mass is 886 g/mol. The normalized spacial score (nSPS) is 22.4. The first-order chi connectivity index (χ1) is 25.4. The Labute approximate surface area is 319 Å². The molecule has 1 aliphatic heterocycles. The summed E-state index contributed by atoms with van der Waals surface area (Å²) in [6.45, 7) is 0.484. The Morgan fingerprint density at radius 2 is 1.73 bits per heavy atom. The van der Waals surface area contributed by atoms with Crippen LogP contribution in [0.1, 0.15) is 26.5 Å². The van der Waals surface area contributed by atoms with Gasteiger partial charge in [-0.05, 0) is 0 Å². The molecular formula is C24H41N8O18P3S2. The molecule has 312 valence electrons. The number of nitrogens with zero attached hydrogens (tertiary/aromatic N) is 4. The van der Waals surface area contributed by atoms with E-state index in [1.165, 1.54) is 35.4 Å². The number of aliphatic hydroxyl groups excluding tert-OH is 2. The van der Waals surface area contributed by atoms with E-state index >= 15 is 0 Å². The van der Waals surface area contributed by atoms with Crippen molar-refractivity contribution in [2.75, 3.05) is 43.5 Å². The van der Waals surface area contributed by atoms with E-state index < -0.39 is 96.6 Å². The van der Waals surface area contributed by atoms with Crippen molar-refractivity contribution in [1.82, 2.24) is 30.2 Å². The van der Waals surface area contributed by atoms with Crippen molar-refractivity contribution in [2.45, 2.75) is 57.0 Å². The van der Waals surface area contributed by atoms with E-state index in [1.54, 1.807) is 0 Å².